The van der Waals surface area contributed by atoms with Crippen molar-refractivity contribution in [1.29, 1.82) is 0 Å². The second-order valence-electron chi connectivity index (χ2n) is 14.9. The van der Waals surface area contributed by atoms with E-state index in [2.05, 4.69) is 20.3 Å². The fourth-order valence-electron chi connectivity index (χ4n) is 7.78. The van der Waals surface area contributed by atoms with Crippen molar-refractivity contribution in [3.8, 4) is 22.5 Å². The Bertz CT molecular complexity index is 2150. The summed E-state index contributed by atoms with van der Waals surface area (Å²) in [5.41, 5.74) is 5.00. The number of carboxylic acid groups (broad SMARTS) is 1. The number of nitrogens with zero attached hydrogens (tertiary/aromatic N) is 4. The molecule has 3 aromatic carbocycles. The molecule has 2 aliphatic rings. The number of hydrogen-bond acceptors (Lipinski definition) is 5. The molecule has 53 heavy (non-hydrogen) atoms. The molecule has 3 atom stereocenters. The molecule has 0 aliphatic carbocycles. The molecule has 2 saturated heterocycles. The number of carbonyl (C=O) groups excluding carboxylic acids is 3. The molecule has 5 aromatic rings. The Morgan fingerprint density at radius 1 is 0.868 bits per heavy atom. The lowest BCUT2D eigenvalue weighted by molar-refractivity contribution is -0.142. The Balaban J connectivity index is 1.06. The molecule has 4 heterocycles. The van der Waals surface area contributed by atoms with Crippen molar-refractivity contribution < 1.29 is 24.3 Å². The topological polar surface area (TPSA) is 155 Å². The molecule has 12 heteroatoms. The third kappa shape index (κ3) is 7.13. The highest BCUT2D eigenvalue weighted by molar-refractivity contribution is 6.00. The zero-order chi connectivity index (χ0) is 37.4. The van der Waals surface area contributed by atoms with E-state index in [0.717, 1.165) is 58.6 Å². The van der Waals surface area contributed by atoms with Gasteiger partial charge in [-0.25, -0.2) is 9.78 Å². The lowest BCUT2D eigenvalue weighted by atomic mass is 9.97. The van der Waals surface area contributed by atoms with Crippen LogP contribution in [0, 0.1) is 0 Å². The minimum Gasteiger partial charge on any atom is -0.465 e. The molecule has 4 amide bonds. The number of hydrogen-bond donors (Lipinski definition) is 4. The predicted octanol–water partition coefficient (Wildman–Crippen LogP) is 7.36. The molecule has 0 bridgehead atoms. The van der Waals surface area contributed by atoms with Crippen molar-refractivity contribution in [3.05, 3.63) is 96.4 Å². The first kappa shape index (κ1) is 35.5. The number of anilines is 1. The summed E-state index contributed by atoms with van der Waals surface area (Å²) in [4.78, 5) is 68.6. The molecule has 2 aromatic heterocycles. The van der Waals surface area contributed by atoms with Gasteiger partial charge in [-0.2, -0.15) is 0 Å². The van der Waals surface area contributed by atoms with Crippen LogP contribution in [0.5, 0.6) is 0 Å². The van der Waals surface area contributed by atoms with Crippen LogP contribution in [0.25, 0.3) is 33.4 Å². The Labute approximate surface area is 308 Å². The first-order valence-corrected chi connectivity index (χ1v) is 18.1. The van der Waals surface area contributed by atoms with Gasteiger partial charge in [-0.05, 0) is 87.4 Å². The molecule has 0 radical (unpaired) electrons. The van der Waals surface area contributed by atoms with Crippen LogP contribution in [0.4, 0.5) is 10.5 Å². The third-order valence-electron chi connectivity index (χ3n) is 10.3. The van der Waals surface area contributed by atoms with Crippen LogP contribution in [0.15, 0.2) is 85.1 Å². The number of aromatic nitrogens is 3. The van der Waals surface area contributed by atoms with E-state index in [0.29, 0.717) is 30.6 Å². The van der Waals surface area contributed by atoms with Crippen LogP contribution in [0.3, 0.4) is 0 Å². The summed E-state index contributed by atoms with van der Waals surface area (Å²) in [7, 11) is 0. The summed E-state index contributed by atoms with van der Waals surface area (Å²) in [5.74, 6) is 0.151. The van der Waals surface area contributed by atoms with Crippen LogP contribution < -0.4 is 5.32 Å². The van der Waals surface area contributed by atoms with Gasteiger partial charge in [0.1, 0.15) is 17.9 Å². The second kappa shape index (κ2) is 14.3. The van der Waals surface area contributed by atoms with Crippen molar-refractivity contribution in [2.24, 2.45) is 0 Å². The molecule has 12 nitrogen and oxygen atoms in total. The molecule has 0 spiro atoms. The second-order valence-corrected chi connectivity index (χ2v) is 14.9. The van der Waals surface area contributed by atoms with E-state index in [1.165, 1.54) is 9.80 Å². The van der Waals surface area contributed by atoms with Crippen molar-refractivity contribution in [3.63, 3.8) is 0 Å². The number of aromatic amines is 2. The number of nitrogens with one attached hydrogen (secondary N) is 3. The van der Waals surface area contributed by atoms with Crippen LogP contribution in [0.2, 0.25) is 0 Å². The molecule has 2 aliphatic heterocycles. The fourth-order valence-corrected chi connectivity index (χ4v) is 7.78. The van der Waals surface area contributed by atoms with Crippen LogP contribution in [-0.2, 0) is 14.4 Å². The Hall–Kier alpha value is -5.91. The number of amides is 4. The molecular weight excluding hydrogens is 670 g/mol. The zero-order valence-corrected chi connectivity index (χ0v) is 30.4. The van der Waals surface area contributed by atoms with Crippen molar-refractivity contribution >= 4 is 40.4 Å². The minimum atomic E-state index is -1.20. The normalized spacial score (nSPS) is 18.0. The van der Waals surface area contributed by atoms with E-state index in [4.69, 9.17) is 0 Å². The van der Waals surface area contributed by atoms with Gasteiger partial charge in [0.05, 0.1) is 17.9 Å². The van der Waals surface area contributed by atoms with Gasteiger partial charge in [0, 0.05) is 47.8 Å². The fraction of sp³-hybridized carbons (Fsp3) is 0.341. The quantitative estimate of drug-likeness (QED) is 0.132. The largest absolute Gasteiger partial charge is 0.465 e. The number of fused-ring (bicyclic) bond motifs is 1. The number of likely N-dealkylation sites (tertiary alicyclic amines) is 2. The van der Waals surface area contributed by atoms with E-state index in [1.807, 2.05) is 65.7 Å². The van der Waals surface area contributed by atoms with Gasteiger partial charge in [0.2, 0.25) is 11.8 Å². The first-order valence-electron chi connectivity index (χ1n) is 18.1. The van der Waals surface area contributed by atoms with Crippen molar-refractivity contribution in [1.82, 2.24) is 29.7 Å². The van der Waals surface area contributed by atoms with E-state index < -0.39 is 29.6 Å². The number of rotatable bonds is 8. The van der Waals surface area contributed by atoms with Gasteiger partial charge in [-0.3, -0.25) is 19.3 Å². The van der Waals surface area contributed by atoms with E-state index in [1.54, 1.807) is 52.0 Å². The highest BCUT2D eigenvalue weighted by Crippen LogP contribution is 2.35. The van der Waals surface area contributed by atoms with Crippen molar-refractivity contribution in [2.45, 2.75) is 77.0 Å². The molecule has 7 rings (SSSR count). The van der Waals surface area contributed by atoms with Gasteiger partial charge in [-0.15, -0.1) is 0 Å². The lowest BCUT2D eigenvalue weighted by Crippen LogP contribution is -2.54. The number of carbonyl (C=O) groups is 4. The monoisotopic (exact) mass is 715 g/mol. The predicted molar refractivity (Wildman–Crippen MR) is 203 cm³/mol. The molecular formula is C41H45N7O5. The van der Waals surface area contributed by atoms with E-state index in [-0.39, 0.29) is 17.9 Å². The van der Waals surface area contributed by atoms with E-state index >= 15 is 0 Å². The van der Waals surface area contributed by atoms with Gasteiger partial charge in [0.15, 0.2) is 0 Å². The van der Waals surface area contributed by atoms with Gasteiger partial charge < -0.3 is 30.2 Å². The number of benzene rings is 3. The summed E-state index contributed by atoms with van der Waals surface area (Å²) < 4.78 is 0. The number of imidazole rings is 1. The highest BCUT2D eigenvalue weighted by Gasteiger charge is 2.44. The third-order valence-corrected chi connectivity index (χ3v) is 10.3. The van der Waals surface area contributed by atoms with E-state index in [9.17, 15) is 24.3 Å². The highest BCUT2D eigenvalue weighted by atomic mass is 16.4. The standard InChI is InChI=1S/C41H45N7O5/c1-25(49)46-20-8-12-34(46)37-42-24-33(45-37)27-16-14-26(15-17-27)32-23-29-22-30(18-19-31(29)44-32)43-38(50)35-13-9-21-47(35)39(51)36(28-10-6-5-7-11-28)48(40(52)53)41(2,3)4/h5-7,10-11,14-19,22-24,34-36,44H,8-9,12-13,20-21H2,1-4H3,(H,42,45)(H,43,50)(H,52,53)/t34-,35-,36+/m0/s1. The Morgan fingerprint density at radius 2 is 1.55 bits per heavy atom. The average molecular weight is 716 g/mol. The average Bonchev–Trinajstić information content (AvgIpc) is 3.96. The molecule has 0 saturated carbocycles. The smallest absolute Gasteiger partial charge is 0.408 e. The molecule has 2 fully saturated rings. The summed E-state index contributed by atoms with van der Waals surface area (Å²) in [6.07, 6.45) is 3.59. The Morgan fingerprint density at radius 3 is 2.23 bits per heavy atom. The maximum Gasteiger partial charge on any atom is 0.408 e. The number of H-pyrrole nitrogens is 2. The first-order chi connectivity index (χ1) is 25.4. The van der Waals surface area contributed by atoms with Crippen LogP contribution >= 0.6 is 0 Å². The van der Waals surface area contributed by atoms with Gasteiger partial charge in [0.25, 0.3) is 5.91 Å². The molecule has 274 valence electrons. The summed E-state index contributed by atoms with van der Waals surface area (Å²) in [5, 5.41) is 14.2. The maximum absolute atomic E-state index is 14.2. The van der Waals surface area contributed by atoms with Crippen LogP contribution in [0.1, 0.15) is 76.8 Å². The molecule has 0 unspecified atom stereocenters. The van der Waals surface area contributed by atoms with Crippen molar-refractivity contribution in [2.75, 3.05) is 18.4 Å². The SMILES string of the molecule is CC(=O)N1CCC[C@H]1c1ncc(-c2ccc(-c3cc4cc(NC(=O)[C@@H]5CCCN5C(=O)[C@@H](c5ccccc5)N(C(=O)O)C(C)(C)C)ccc4[nH]3)cc2)[nH]1. The molecule has 4 N–H and O–H groups in total. The maximum atomic E-state index is 14.2. The Kier molecular flexibility index (Phi) is 9.54. The van der Waals surface area contributed by atoms with Crippen LogP contribution in [-0.4, -0.2) is 83.2 Å². The van der Waals surface area contributed by atoms with Gasteiger partial charge >= 0.3 is 6.09 Å². The zero-order valence-electron chi connectivity index (χ0n) is 30.4. The lowest BCUT2D eigenvalue weighted by Gasteiger charge is -2.41. The summed E-state index contributed by atoms with van der Waals surface area (Å²) >= 11 is 0. The summed E-state index contributed by atoms with van der Waals surface area (Å²) in [6, 6.07) is 22.9. The minimum absolute atomic E-state index is 0.0173. The summed E-state index contributed by atoms with van der Waals surface area (Å²) in [6.45, 7) is 7.99. The van der Waals surface area contributed by atoms with Gasteiger partial charge in [-0.1, -0.05) is 54.6 Å².